The van der Waals surface area contributed by atoms with Crippen molar-refractivity contribution in [3.05, 3.63) is 0 Å². The second-order valence-corrected chi connectivity index (χ2v) is 5.58. The highest BCUT2D eigenvalue weighted by molar-refractivity contribution is 5.78. The Hall–Kier alpha value is -0.690. The Bertz CT molecular complexity index is 332. The van der Waals surface area contributed by atoms with Crippen molar-refractivity contribution >= 4 is 5.97 Å². The summed E-state index contributed by atoms with van der Waals surface area (Å²) in [6, 6.07) is 0. The molecule has 0 saturated carbocycles. The fourth-order valence-electron chi connectivity index (χ4n) is 2.17. The molecule has 0 aromatic heterocycles. The fraction of sp³-hybridized carbons (Fsp3) is 0.917. The first kappa shape index (κ1) is 13.7. The van der Waals surface area contributed by atoms with Gasteiger partial charge in [0.05, 0.1) is 6.61 Å². The van der Waals surface area contributed by atoms with E-state index in [0.717, 1.165) is 0 Å². The topological polar surface area (TPSA) is 74.2 Å². The quantitative estimate of drug-likeness (QED) is 0.588. The number of carbonyl (C=O) groups excluding carboxylic acids is 1. The molecule has 0 unspecified atom stereocenters. The van der Waals surface area contributed by atoms with Gasteiger partial charge in [-0.1, -0.05) is 0 Å². The van der Waals surface area contributed by atoms with Crippen molar-refractivity contribution < 1.29 is 28.8 Å². The van der Waals surface area contributed by atoms with E-state index in [4.69, 9.17) is 18.9 Å². The number of esters is 1. The summed E-state index contributed by atoms with van der Waals surface area (Å²) >= 11 is 0. The first-order chi connectivity index (χ1) is 8.18. The van der Waals surface area contributed by atoms with Crippen LogP contribution in [0.5, 0.6) is 0 Å². The molecule has 2 aliphatic rings. The zero-order valence-corrected chi connectivity index (χ0v) is 11.1. The summed E-state index contributed by atoms with van der Waals surface area (Å²) in [6.07, 6.45) is -0.951. The van der Waals surface area contributed by atoms with Crippen LogP contribution in [0.2, 0.25) is 0 Å². The van der Waals surface area contributed by atoms with Gasteiger partial charge in [0, 0.05) is 6.42 Å². The van der Waals surface area contributed by atoms with E-state index in [-0.39, 0.29) is 18.7 Å². The minimum atomic E-state index is -1.19. The van der Waals surface area contributed by atoms with Crippen LogP contribution in [0.4, 0.5) is 0 Å². The molecule has 2 fully saturated rings. The van der Waals surface area contributed by atoms with Crippen molar-refractivity contribution in [2.45, 2.75) is 64.0 Å². The molecule has 0 aromatic carbocycles. The van der Waals surface area contributed by atoms with E-state index in [1.165, 1.54) is 0 Å². The van der Waals surface area contributed by atoms with Crippen LogP contribution in [0.15, 0.2) is 0 Å². The number of carbonyl (C=O) groups is 1. The van der Waals surface area contributed by atoms with E-state index in [0.29, 0.717) is 6.42 Å². The molecule has 1 N–H and O–H groups in total. The summed E-state index contributed by atoms with van der Waals surface area (Å²) in [5, 5.41) is 9.43. The molecule has 18 heavy (non-hydrogen) atoms. The maximum atomic E-state index is 11.6. The number of hydrogen-bond donors (Lipinski definition) is 1. The molecule has 6 heteroatoms. The van der Waals surface area contributed by atoms with Crippen LogP contribution in [0, 0.1) is 0 Å². The molecule has 104 valence electrons. The largest absolute Gasteiger partial charge is 0.457 e. The first-order valence-corrected chi connectivity index (χ1v) is 6.10. The first-order valence-electron chi connectivity index (χ1n) is 6.10. The Kier molecular flexibility index (Phi) is 3.40. The summed E-state index contributed by atoms with van der Waals surface area (Å²) in [7, 11) is 0. The van der Waals surface area contributed by atoms with Gasteiger partial charge in [-0.15, -0.1) is 0 Å². The van der Waals surface area contributed by atoms with Gasteiger partial charge >= 0.3 is 5.97 Å². The van der Waals surface area contributed by atoms with Crippen molar-refractivity contribution in [2.75, 3.05) is 6.61 Å². The molecular formula is C12H20O6. The molecule has 0 radical (unpaired) electrons. The molecule has 3 atom stereocenters. The van der Waals surface area contributed by atoms with Crippen LogP contribution >= 0.6 is 0 Å². The van der Waals surface area contributed by atoms with Gasteiger partial charge in [0.15, 0.2) is 17.7 Å². The second kappa shape index (κ2) is 4.45. The van der Waals surface area contributed by atoms with E-state index in [2.05, 4.69) is 0 Å². The SMILES string of the molecule is CC(C)(O)OCC[C@H]1OC(=O)[C@H]2OC(C)(C)O[C@H]21. The fourth-order valence-corrected chi connectivity index (χ4v) is 2.17. The predicted molar refractivity (Wildman–Crippen MR) is 60.6 cm³/mol. The van der Waals surface area contributed by atoms with Gasteiger partial charge in [0.2, 0.25) is 0 Å². The van der Waals surface area contributed by atoms with Crippen LogP contribution in [0.3, 0.4) is 0 Å². The third-order valence-electron chi connectivity index (χ3n) is 2.85. The molecule has 0 aliphatic carbocycles. The number of ether oxygens (including phenoxy) is 4. The predicted octanol–water partition coefficient (Wildman–Crippen LogP) is 0.567. The zero-order valence-electron chi connectivity index (χ0n) is 11.1. The van der Waals surface area contributed by atoms with Gasteiger partial charge in [-0.2, -0.15) is 0 Å². The lowest BCUT2D eigenvalue weighted by Crippen LogP contribution is -2.32. The van der Waals surface area contributed by atoms with Crippen molar-refractivity contribution in [2.24, 2.45) is 0 Å². The van der Waals surface area contributed by atoms with Crippen molar-refractivity contribution in [1.29, 1.82) is 0 Å². The normalized spacial score (nSPS) is 34.5. The van der Waals surface area contributed by atoms with Gasteiger partial charge in [-0.05, 0) is 27.7 Å². The monoisotopic (exact) mass is 260 g/mol. The standard InChI is InChI=1S/C12H20O6/c1-11(2,14)15-6-5-7-8-9(10(13)16-7)18-12(3,4)17-8/h7-9,14H,5-6H2,1-4H3/t7-,8+,9+/m1/s1. The molecule has 6 nitrogen and oxygen atoms in total. The average molecular weight is 260 g/mol. The molecule has 0 spiro atoms. The number of hydrogen-bond acceptors (Lipinski definition) is 6. The maximum Gasteiger partial charge on any atom is 0.338 e. The molecule has 0 aromatic rings. The number of cyclic esters (lactones) is 1. The molecule has 2 rings (SSSR count). The van der Waals surface area contributed by atoms with Gasteiger partial charge in [-0.25, -0.2) is 4.79 Å². The van der Waals surface area contributed by atoms with Gasteiger partial charge in [-0.3, -0.25) is 0 Å². The molecular weight excluding hydrogens is 240 g/mol. The Balaban J connectivity index is 1.89. The van der Waals surface area contributed by atoms with E-state index >= 15 is 0 Å². The molecule has 2 saturated heterocycles. The molecule has 0 bridgehead atoms. The van der Waals surface area contributed by atoms with Gasteiger partial charge in [0.25, 0.3) is 0 Å². The summed E-state index contributed by atoms with van der Waals surface area (Å²) in [4.78, 5) is 11.6. The number of rotatable bonds is 4. The highest BCUT2D eigenvalue weighted by Crippen LogP contribution is 2.37. The lowest BCUT2D eigenvalue weighted by molar-refractivity contribution is -0.196. The smallest absolute Gasteiger partial charge is 0.338 e. The second-order valence-electron chi connectivity index (χ2n) is 5.58. The van der Waals surface area contributed by atoms with E-state index in [1.807, 2.05) is 0 Å². The van der Waals surface area contributed by atoms with Crippen LogP contribution in [0.1, 0.15) is 34.1 Å². The minimum absolute atomic E-state index is 0.286. The number of fused-ring (bicyclic) bond motifs is 1. The Morgan fingerprint density at radius 3 is 2.67 bits per heavy atom. The Morgan fingerprint density at radius 1 is 1.39 bits per heavy atom. The van der Waals surface area contributed by atoms with E-state index < -0.39 is 23.8 Å². The summed E-state index contributed by atoms with van der Waals surface area (Å²) < 4.78 is 21.5. The average Bonchev–Trinajstić information content (AvgIpc) is 2.62. The highest BCUT2D eigenvalue weighted by Gasteiger charge is 2.55. The number of aliphatic hydroxyl groups is 1. The minimum Gasteiger partial charge on any atom is -0.457 e. The molecule has 0 amide bonds. The zero-order chi connectivity index (χ0) is 13.6. The van der Waals surface area contributed by atoms with E-state index in [1.54, 1.807) is 27.7 Å². The summed E-state index contributed by atoms with van der Waals surface area (Å²) in [6.45, 7) is 6.92. The van der Waals surface area contributed by atoms with Crippen LogP contribution < -0.4 is 0 Å². The lowest BCUT2D eigenvalue weighted by atomic mass is 10.1. The van der Waals surface area contributed by atoms with Crippen molar-refractivity contribution in [3.63, 3.8) is 0 Å². The van der Waals surface area contributed by atoms with Gasteiger partial charge in [0.1, 0.15) is 12.2 Å². The van der Waals surface area contributed by atoms with E-state index in [9.17, 15) is 9.90 Å². The van der Waals surface area contributed by atoms with Gasteiger partial charge < -0.3 is 24.1 Å². The molecule has 2 heterocycles. The van der Waals surface area contributed by atoms with Crippen LogP contribution in [-0.2, 0) is 23.7 Å². The highest BCUT2D eigenvalue weighted by atomic mass is 16.8. The third-order valence-corrected chi connectivity index (χ3v) is 2.85. The third kappa shape index (κ3) is 3.00. The van der Waals surface area contributed by atoms with Crippen LogP contribution in [0.25, 0.3) is 0 Å². The van der Waals surface area contributed by atoms with Crippen LogP contribution in [-0.4, -0.2) is 47.6 Å². The Morgan fingerprint density at radius 2 is 2.06 bits per heavy atom. The summed E-state index contributed by atoms with van der Waals surface area (Å²) in [5.41, 5.74) is 0. The Labute approximate surface area is 106 Å². The van der Waals surface area contributed by atoms with Crippen molar-refractivity contribution in [3.8, 4) is 0 Å². The molecule has 2 aliphatic heterocycles. The van der Waals surface area contributed by atoms with Crippen molar-refractivity contribution in [1.82, 2.24) is 0 Å². The maximum absolute atomic E-state index is 11.6. The summed E-state index contributed by atoms with van der Waals surface area (Å²) in [5.74, 6) is -2.34. The lowest BCUT2D eigenvalue weighted by Gasteiger charge is -2.23.